The van der Waals surface area contributed by atoms with Gasteiger partial charge in [-0.25, -0.2) is 4.39 Å². The highest BCUT2D eigenvalue weighted by Gasteiger charge is 2.32. The zero-order valence-corrected chi connectivity index (χ0v) is 19.0. The van der Waals surface area contributed by atoms with Gasteiger partial charge in [0.05, 0.1) is 11.7 Å². The van der Waals surface area contributed by atoms with Crippen molar-refractivity contribution in [2.45, 2.75) is 38.0 Å². The lowest BCUT2D eigenvalue weighted by Gasteiger charge is -2.38. The van der Waals surface area contributed by atoms with Gasteiger partial charge in [0, 0.05) is 49.0 Å². The van der Waals surface area contributed by atoms with Crippen LogP contribution < -0.4 is 10.2 Å². The second-order valence-corrected chi connectivity index (χ2v) is 9.05. The van der Waals surface area contributed by atoms with Crippen LogP contribution in [0.3, 0.4) is 0 Å². The van der Waals surface area contributed by atoms with Crippen molar-refractivity contribution in [1.29, 1.82) is 0 Å². The SMILES string of the molecule is O=C(Nc1ccc(N2CCN(C(=O)C3CCC(O)CC3)CC2)cc1)c1cc(F)cc(C(F)(F)F)c1. The van der Waals surface area contributed by atoms with Crippen LogP contribution in [0.15, 0.2) is 42.5 Å². The maximum atomic E-state index is 13.6. The van der Waals surface area contributed by atoms with Gasteiger partial charge in [-0.1, -0.05) is 0 Å². The lowest BCUT2D eigenvalue weighted by molar-refractivity contribution is -0.138. The number of nitrogens with one attached hydrogen (secondary N) is 1. The second kappa shape index (κ2) is 10.2. The number of aliphatic hydroxyl groups is 1. The third kappa shape index (κ3) is 6.11. The number of nitrogens with zero attached hydrogens (tertiary/aromatic N) is 2. The van der Waals surface area contributed by atoms with E-state index in [0.717, 1.165) is 24.6 Å². The van der Waals surface area contributed by atoms with Crippen LogP contribution in [0.2, 0.25) is 0 Å². The van der Waals surface area contributed by atoms with Crippen LogP contribution in [0.5, 0.6) is 0 Å². The topological polar surface area (TPSA) is 72.9 Å². The molecule has 188 valence electrons. The summed E-state index contributed by atoms with van der Waals surface area (Å²) in [4.78, 5) is 29.1. The maximum Gasteiger partial charge on any atom is 0.416 e. The molecule has 2 amide bonds. The van der Waals surface area contributed by atoms with E-state index in [2.05, 4.69) is 10.2 Å². The van der Waals surface area contributed by atoms with E-state index in [9.17, 15) is 32.3 Å². The molecule has 0 unspecified atom stereocenters. The first-order valence-corrected chi connectivity index (χ1v) is 11.6. The highest BCUT2D eigenvalue weighted by molar-refractivity contribution is 6.04. The molecular weight excluding hydrogens is 466 g/mol. The molecule has 10 heteroatoms. The summed E-state index contributed by atoms with van der Waals surface area (Å²) in [5.74, 6) is -1.84. The molecule has 1 saturated heterocycles. The molecule has 0 bridgehead atoms. The average Bonchev–Trinajstić information content (AvgIpc) is 2.84. The molecule has 35 heavy (non-hydrogen) atoms. The van der Waals surface area contributed by atoms with Gasteiger partial charge in [0.2, 0.25) is 5.91 Å². The summed E-state index contributed by atoms with van der Waals surface area (Å²) in [6, 6.07) is 8.53. The fourth-order valence-electron chi connectivity index (χ4n) is 4.61. The first-order valence-electron chi connectivity index (χ1n) is 11.6. The third-order valence-corrected chi connectivity index (χ3v) is 6.61. The molecule has 6 nitrogen and oxygen atoms in total. The van der Waals surface area contributed by atoms with Crippen LogP contribution in [0.1, 0.15) is 41.6 Å². The molecule has 0 atom stereocenters. The quantitative estimate of drug-likeness (QED) is 0.624. The Bertz CT molecular complexity index is 1060. The molecule has 2 aliphatic rings. The first-order chi connectivity index (χ1) is 16.6. The van der Waals surface area contributed by atoms with E-state index in [4.69, 9.17) is 0 Å². The van der Waals surface area contributed by atoms with E-state index in [0.29, 0.717) is 56.8 Å². The number of piperazine rings is 1. The van der Waals surface area contributed by atoms with E-state index in [1.807, 2.05) is 4.90 Å². The standard InChI is InChI=1S/C25H27F4N3O3/c26-19-14-17(13-18(15-19)25(27,28)29)23(34)30-20-3-5-21(6-4-20)31-9-11-32(12-10-31)24(35)16-1-7-22(33)8-2-16/h3-6,13-16,22,33H,1-2,7-12H2,(H,30,34). The van der Waals surface area contributed by atoms with Gasteiger partial charge in [-0.15, -0.1) is 0 Å². The van der Waals surface area contributed by atoms with E-state index in [1.54, 1.807) is 24.3 Å². The lowest BCUT2D eigenvalue weighted by Crippen LogP contribution is -2.50. The molecule has 2 fully saturated rings. The molecule has 1 aliphatic heterocycles. The van der Waals surface area contributed by atoms with Crippen LogP contribution in [0.4, 0.5) is 28.9 Å². The molecular formula is C25H27F4N3O3. The molecule has 0 aromatic heterocycles. The minimum absolute atomic E-state index is 0.0156. The van der Waals surface area contributed by atoms with E-state index < -0.39 is 29.0 Å². The number of anilines is 2. The number of hydrogen-bond acceptors (Lipinski definition) is 4. The van der Waals surface area contributed by atoms with Gasteiger partial charge in [-0.2, -0.15) is 13.2 Å². The third-order valence-electron chi connectivity index (χ3n) is 6.61. The molecule has 0 spiro atoms. The molecule has 0 radical (unpaired) electrons. The summed E-state index contributed by atoms with van der Waals surface area (Å²) in [7, 11) is 0. The maximum absolute atomic E-state index is 13.6. The molecule has 2 N–H and O–H groups in total. The fourth-order valence-corrected chi connectivity index (χ4v) is 4.61. The monoisotopic (exact) mass is 493 g/mol. The van der Waals surface area contributed by atoms with Crippen molar-refractivity contribution in [3.63, 3.8) is 0 Å². The van der Waals surface area contributed by atoms with E-state index >= 15 is 0 Å². The van der Waals surface area contributed by atoms with Gasteiger partial charge >= 0.3 is 6.18 Å². The van der Waals surface area contributed by atoms with Crippen molar-refractivity contribution >= 4 is 23.2 Å². The number of hydrogen-bond donors (Lipinski definition) is 2. The molecule has 1 heterocycles. The van der Waals surface area contributed by atoms with Crippen molar-refractivity contribution < 1.29 is 32.3 Å². The summed E-state index contributed by atoms with van der Waals surface area (Å²) in [6.07, 6.45) is -2.27. The van der Waals surface area contributed by atoms with Crippen molar-refractivity contribution in [3.8, 4) is 0 Å². The highest BCUT2D eigenvalue weighted by atomic mass is 19.4. The van der Waals surface area contributed by atoms with Gasteiger partial charge in [0.25, 0.3) is 5.91 Å². The molecule has 1 aliphatic carbocycles. The van der Waals surface area contributed by atoms with Crippen LogP contribution in [-0.4, -0.2) is 54.1 Å². The van der Waals surface area contributed by atoms with Gasteiger partial charge in [0.1, 0.15) is 5.82 Å². The van der Waals surface area contributed by atoms with Crippen LogP contribution in [0.25, 0.3) is 0 Å². The lowest BCUT2D eigenvalue weighted by atomic mass is 9.86. The minimum Gasteiger partial charge on any atom is -0.393 e. The summed E-state index contributed by atoms with van der Waals surface area (Å²) < 4.78 is 52.3. The summed E-state index contributed by atoms with van der Waals surface area (Å²) in [5.41, 5.74) is -0.391. The number of carbonyl (C=O) groups is 2. The Labute approximate surface area is 200 Å². The zero-order valence-electron chi connectivity index (χ0n) is 19.0. The Hall–Kier alpha value is -3.14. The normalized spacial score (nSPS) is 21.1. The number of carbonyl (C=O) groups excluding carboxylic acids is 2. The summed E-state index contributed by atoms with van der Waals surface area (Å²) in [5, 5.41) is 12.1. The Morgan fingerprint density at radius 1 is 0.914 bits per heavy atom. The van der Waals surface area contributed by atoms with Crippen molar-refractivity contribution in [3.05, 3.63) is 59.4 Å². The Kier molecular flexibility index (Phi) is 7.30. The fraction of sp³-hybridized carbons (Fsp3) is 0.440. The number of amides is 2. The number of rotatable bonds is 4. The predicted molar refractivity (Wildman–Crippen MR) is 123 cm³/mol. The van der Waals surface area contributed by atoms with Gasteiger partial charge in [-0.3, -0.25) is 9.59 Å². The van der Waals surface area contributed by atoms with E-state index in [-0.39, 0.29) is 17.9 Å². The zero-order chi connectivity index (χ0) is 25.2. The minimum atomic E-state index is -4.76. The van der Waals surface area contributed by atoms with Gasteiger partial charge < -0.3 is 20.2 Å². The van der Waals surface area contributed by atoms with Gasteiger partial charge in [0.15, 0.2) is 0 Å². The van der Waals surface area contributed by atoms with Crippen molar-refractivity contribution in [2.24, 2.45) is 5.92 Å². The summed E-state index contributed by atoms with van der Waals surface area (Å²) in [6.45, 7) is 2.49. The highest BCUT2D eigenvalue weighted by Crippen LogP contribution is 2.31. The Morgan fingerprint density at radius 3 is 2.14 bits per heavy atom. The second-order valence-electron chi connectivity index (χ2n) is 9.05. The number of benzene rings is 2. The Morgan fingerprint density at radius 2 is 1.54 bits per heavy atom. The van der Waals surface area contributed by atoms with Crippen molar-refractivity contribution in [2.75, 3.05) is 36.4 Å². The Balaban J connectivity index is 1.32. The number of halogens is 4. The number of alkyl halides is 3. The van der Waals surface area contributed by atoms with Crippen LogP contribution >= 0.6 is 0 Å². The number of aliphatic hydroxyl groups excluding tert-OH is 1. The first kappa shape index (κ1) is 25.0. The molecule has 2 aromatic rings. The molecule has 2 aromatic carbocycles. The van der Waals surface area contributed by atoms with E-state index in [1.165, 1.54) is 0 Å². The predicted octanol–water partition coefficient (Wildman–Crippen LogP) is 4.30. The van der Waals surface area contributed by atoms with Crippen LogP contribution in [0, 0.1) is 11.7 Å². The average molecular weight is 494 g/mol. The van der Waals surface area contributed by atoms with Crippen molar-refractivity contribution in [1.82, 2.24) is 4.90 Å². The van der Waals surface area contributed by atoms with Gasteiger partial charge in [-0.05, 0) is 68.1 Å². The summed E-state index contributed by atoms with van der Waals surface area (Å²) >= 11 is 0. The molecule has 1 saturated carbocycles. The molecule has 4 rings (SSSR count). The van der Waals surface area contributed by atoms with Crippen LogP contribution in [-0.2, 0) is 11.0 Å². The smallest absolute Gasteiger partial charge is 0.393 e. The largest absolute Gasteiger partial charge is 0.416 e.